The number of benzene rings is 1. The lowest BCUT2D eigenvalue weighted by atomic mass is 10.2. The molecule has 3 nitrogen and oxygen atoms in total. The fourth-order valence-electron chi connectivity index (χ4n) is 1.91. The van der Waals surface area contributed by atoms with Gasteiger partial charge in [0.25, 0.3) is 0 Å². The first-order chi connectivity index (χ1) is 8.69. The van der Waals surface area contributed by atoms with Crippen LogP contribution in [-0.2, 0) is 13.1 Å². The summed E-state index contributed by atoms with van der Waals surface area (Å²) in [7, 11) is 0. The summed E-state index contributed by atoms with van der Waals surface area (Å²) < 4.78 is 0. The van der Waals surface area contributed by atoms with Gasteiger partial charge in [-0.2, -0.15) is 0 Å². The molecule has 0 atom stereocenters. The Hall–Kier alpha value is -1.39. The fourth-order valence-corrected chi connectivity index (χ4v) is 2.79. The average molecular weight is 262 g/mol. The van der Waals surface area contributed by atoms with Crippen LogP contribution in [0.2, 0.25) is 0 Å². The van der Waals surface area contributed by atoms with Gasteiger partial charge in [0.1, 0.15) is 0 Å². The second kappa shape index (κ2) is 5.98. The van der Waals surface area contributed by atoms with E-state index in [0.29, 0.717) is 0 Å². The van der Waals surface area contributed by atoms with Crippen LogP contribution in [0.15, 0.2) is 35.1 Å². The summed E-state index contributed by atoms with van der Waals surface area (Å²) in [4.78, 5) is 17.6. The first-order valence-electron chi connectivity index (χ1n) is 6.14. The molecule has 2 rings (SSSR count). The smallest absolute Gasteiger partial charge is 0.304 e. The molecule has 0 unspecified atom stereocenters. The molecule has 1 heterocycles. The van der Waals surface area contributed by atoms with Crippen molar-refractivity contribution in [3.63, 3.8) is 0 Å². The normalized spacial score (nSPS) is 11.1. The average Bonchev–Trinajstić information content (AvgIpc) is 2.68. The number of hydrogen-bond acceptors (Lipinski definition) is 3. The fraction of sp³-hybridized carbons (Fsp3) is 0.357. The van der Waals surface area contributed by atoms with Crippen molar-refractivity contribution in [1.29, 1.82) is 0 Å². The second-order valence-electron chi connectivity index (χ2n) is 4.35. The molecule has 0 aliphatic heterocycles. The van der Waals surface area contributed by atoms with E-state index < -0.39 is 0 Å². The van der Waals surface area contributed by atoms with Crippen molar-refractivity contribution in [2.24, 2.45) is 0 Å². The summed E-state index contributed by atoms with van der Waals surface area (Å²) in [5.41, 5.74) is 2.30. The molecule has 0 fully saturated rings. The zero-order valence-electron chi connectivity index (χ0n) is 10.8. The molecule has 4 heteroatoms. The molecule has 0 amide bonds. The number of rotatable bonds is 5. The molecule has 0 aliphatic rings. The number of aromatic amines is 1. The summed E-state index contributed by atoms with van der Waals surface area (Å²) in [6.07, 6.45) is 0. The molecule has 1 N–H and O–H groups in total. The Kier molecular flexibility index (Phi) is 4.33. The van der Waals surface area contributed by atoms with E-state index in [0.717, 1.165) is 30.2 Å². The van der Waals surface area contributed by atoms with Crippen LogP contribution in [-0.4, -0.2) is 16.4 Å². The van der Waals surface area contributed by atoms with Crippen LogP contribution in [0, 0.1) is 6.92 Å². The van der Waals surface area contributed by atoms with Crippen molar-refractivity contribution < 1.29 is 0 Å². The Bertz CT molecular complexity index is 544. The van der Waals surface area contributed by atoms with E-state index in [1.165, 1.54) is 16.9 Å². The Balaban J connectivity index is 2.06. The monoisotopic (exact) mass is 262 g/mol. The molecule has 0 aliphatic carbocycles. The number of H-pyrrole nitrogens is 1. The standard InChI is InChI=1S/C14H18N2OS/c1-3-16(9-12-7-5-4-6-8-12)10-13-11(2)15-14(17)18-13/h4-8H,3,9-10H2,1-2H3,(H,15,17). The number of aromatic nitrogens is 1. The van der Waals surface area contributed by atoms with Gasteiger partial charge in [-0.1, -0.05) is 48.6 Å². The minimum Gasteiger partial charge on any atom is -0.317 e. The molecule has 96 valence electrons. The van der Waals surface area contributed by atoms with Gasteiger partial charge in [0.2, 0.25) is 0 Å². The van der Waals surface area contributed by atoms with Crippen LogP contribution in [0.4, 0.5) is 0 Å². The summed E-state index contributed by atoms with van der Waals surface area (Å²) in [6.45, 7) is 6.83. The van der Waals surface area contributed by atoms with Gasteiger partial charge in [-0.3, -0.25) is 9.69 Å². The second-order valence-corrected chi connectivity index (χ2v) is 5.42. The highest BCUT2D eigenvalue weighted by molar-refractivity contribution is 7.09. The van der Waals surface area contributed by atoms with Crippen LogP contribution in [0.3, 0.4) is 0 Å². The third-order valence-electron chi connectivity index (χ3n) is 2.99. The molecule has 1 aromatic heterocycles. The maximum atomic E-state index is 11.3. The van der Waals surface area contributed by atoms with E-state index in [1.54, 1.807) is 0 Å². The molecular formula is C14H18N2OS. The highest BCUT2D eigenvalue weighted by Gasteiger charge is 2.09. The third-order valence-corrected chi connectivity index (χ3v) is 3.96. The van der Waals surface area contributed by atoms with Gasteiger partial charge in [-0.15, -0.1) is 0 Å². The van der Waals surface area contributed by atoms with E-state index in [9.17, 15) is 4.79 Å². The van der Waals surface area contributed by atoms with Gasteiger partial charge in [0, 0.05) is 23.7 Å². The predicted molar refractivity (Wildman–Crippen MR) is 75.9 cm³/mol. The molecule has 0 spiro atoms. The summed E-state index contributed by atoms with van der Waals surface area (Å²) in [5, 5.41) is 0. The van der Waals surface area contributed by atoms with E-state index in [-0.39, 0.29) is 4.87 Å². The Morgan fingerprint density at radius 1 is 1.22 bits per heavy atom. The summed E-state index contributed by atoms with van der Waals surface area (Å²) >= 11 is 1.32. The van der Waals surface area contributed by atoms with E-state index >= 15 is 0 Å². The highest BCUT2D eigenvalue weighted by atomic mass is 32.1. The van der Waals surface area contributed by atoms with E-state index in [4.69, 9.17) is 0 Å². The topological polar surface area (TPSA) is 36.1 Å². The Labute approximate surface area is 111 Å². The van der Waals surface area contributed by atoms with Gasteiger partial charge in [0.05, 0.1) is 0 Å². The van der Waals surface area contributed by atoms with Crippen LogP contribution < -0.4 is 4.87 Å². The van der Waals surface area contributed by atoms with Crippen molar-refractivity contribution in [3.8, 4) is 0 Å². The van der Waals surface area contributed by atoms with Crippen LogP contribution in [0.5, 0.6) is 0 Å². The van der Waals surface area contributed by atoms with Gasteiger partial charge < -0.3 is 4.98 Å². The van der Waals surface area contributed by atoms with Crippen molar-refractivity contribution in [2.45, 2.75) is 26.9 Å². The van der Waals surface area contributed by atoms with Crippen LogP contribution in [0.25, 0.3) is 0 Å². The first-order valence-corrected chi connectivity index (χ1v) is 6.95. The largest absolute Gasteiger partial charge is 0.317 e. The van der Waals surface area contributed by atoms with Crippen molar-refractivity contribution in [2.75, 3.05) is 6.54 Å². The molecule has 0 saturated heterocycles. The first kappa shape index (κ1) is 13.1. The summed E-state index contributed by atoms with van der Waals surface area (Å²) in [5.74, 6) is 0. The van der Waals surface area contributed by atoms with Crippen LogP contribution >= 0.6 is 11.3 Å². The number of nitrogens with zero attached hydrogens (tertiary/aromatic N) is 1. The molecular weight excluding hydrogens is 244 g/mol. The molecule has 2 aromatic rings. The van der Waals surface area contributed by atoms with Gasteiger partial charge in [0.15, 0.2) is 0 Å². The maximum absolute atomic E-state index is 11.3. The molecule has 0 saturated carbocycles. The van der Waals surface area contributed by atoms with Gasteiger partial charge in [-0.05, 0) is 19.0 Å². The lowest BCUT2D eigenvalue weighted by molar-refractivity contribution is 0.273. The molecule has 0 bridgehead atoms. The lowest BCUT2D eigenvalue weighted by Gasteiger charge is -2.19. The van der Waals surface area contributed by atoms with Crippen LogP contribution in [0.1, 0.15) is 23.1 Å². The number of nitrogens with one attached hydrogen (secondary N) is 1. The number of thiazole rings is 1. The summed E-state index contributed by atoms with van der Waals surface area (Å²) in [6, 6.07) is 10.4. The lowest BCUT2D eigenvalue weighted by Crippen LogP contribution is -2.22. The Morgan fingerprint density at radius 2 is 1.94 bits per heavy atom. The molecule has 1 aromatic carbocycles. The third kappa shape index (κ3) is 3.31. The Morgan fingerprint density at radius 3 is 2.50 bits per heavy atom. The zero-order chi connectivity index (χ0) is 13.0. The quantitative estimate of drug-likeness (QED) is 0.899. The zero-order valence-corrected chi connectivity index (χ0v) is 11.6. The highest BCUT2D eigenvalue weighted by Crippen LogP contribution is 2.13. The molecule has 0 radical (unpaired) electrons. The SMILES string of the molecule is CCN(Cc1ccccc1)Cc1sc(=O)[nH]c1C. The van der Waals surface area contributed by atoms with E-state index in [1.807, 2.05) is 13.0 Å². The van der Waals surface area contributed by atoms with Crippen molar-refractivity contribution in [3.05, 3.63) is 56.1 Å². The maximum Gasteiger partial charge on any atom is 0.304 e. The van der Waals surface area contributed by atoms with E-state index in [2.05, 4.69) is 41.1 Å². The minimum absolute atomic E-state index is 0.0401. The van der Waals surface area contributed by atoms with Gasteiger partial charge >= 0.3 is 4.87 Å². The van der Waals surface area contributed by atoms with Gasteiger partial charge in [-0.25, -0.2) is 0 Å². The minimum atomic E-state index is 0.0401. The molecule has 18 heavy (non-hydrogen) atoms. The predicted octanol–water partition coefficient (Wildman–Crippen LogP) is 2.77. The van der Waals surface area contributed by atoms with Crippen molar-refractivity contribution >= 4 is 11.3 Å². The number of hydrogen-bond donors (Lipinski definition) is 1. The number of aryl methyl sites for hydroxylation is 1. The van der Waals surface area contributed by atoms with Crippen molar-refractivity contribution in [1.82, 2.24) is 9.88 Å².